The van der Waals surface area contributed by atoms with E-state index in [-0.39, 0.29) is 0 Å². The van der Waals surface area contributed by atoms with Gasteiger partial charge in [0.15, 0.2) is 5.82 Å². The van der Waals surface area contributed by atoms with Crippen molar-refractivity contribution >= 4 is 0 Å². The van der Waals surface area contributed by atoms with E-state index in [1.54, 1.807) is 0 Å². The molecule has 0 aliphatic heterocycles. The number of hydrogen-bond acceptors (Lipinski definition) is 4. The number of hydrogen-bond donors (Lipinski definition) is 1. The van der Waals surface area contributed by atoms with Crippen molar-refractivity contribution in [2.75, 3.05) is 0 Å². The molecule has 0 aliphatic carbocycles. The summed E-state index contributed by atoms with van der Waals surface area (Å²) in [5, 5.41) is 4.02. The summed E-state index contributed by atoms with van der Waals surface area (Å²) in [5.74, 6) is 1.79. The summed E-state index contributed by atoms with van der Waals surface area (Å²) in [7, 11) is 0. The first-order chi connectivity index (χ1) is 8.74. The van der Waals surface area contributed by atoms with Gasteiger partial charge in [-0.05, 0) is 17.5 Å². The molecule has 1 atom stereocenters. The highest BCUT2D eigenvalue weighted by molar-refractivity contribution is 5.29. The normalized spacial score (nSPS) is 12.6. The van der Waals surface area contributed by atoms with E-state index < -0.39 is 0 Å². The van der Waals surface area contributed by atoms with Crippen LogP contribution in [0.3, 0.4) is 0 Å². The van der Waals surface area contributed by atoms with Gasteiger partial charge in [0.25, 0.3) is 0 Å². The van der Waals surface area contributed by atoms with Crippen molar-refractivity contribution in [1.29, 1.82) is 0 Å². The molecule has 2 aromatic rings. The number of benzene rings is 1. The molecule has 96 valence electrons. The Labute approximate surface area is 107 Å². The van der Waals surface area contributed by atoms with Crippen LogP contribution in [0.2, 0.25) is 0 Å². The average Bonchev–Trinajstić information content (AvgIpc) is 2.87. The lowest BCUT2D eigenvalue weighted by atomic mass is 10.0. The molecule has 2 rings (SSSR count). The lowest BCUT2D eigenvalue weighted by Crippen LogP contribution is -2.02. The quantitative estimate of drug-likeness (QED) is 0.879. The fourth-order valence-electron chi connectivity index (χ4n) is 1.81. The van der Waals surface area contributed by atoms with Crippen LogP contribution in [0.5, 0.6) is 0 Å². The van der Waals surface area contributed by atoms with Crippen molar-refractivity contribution in [3.8, 4) is 0 Å². The van der Waals surface area contributed by atoms with Gasteiger partial charge in [0.1, 0.15) is 0 Å². The maximum Gasteiger partial charge on any atom is 0.231 e. The van der Waals surface area contributed by atoms with Gasteiger partial charge in [-0.15, -0.1) is 0 Å². The molecular weight excluding hydrogens is 226 g/mol. The molecule has 4 nitrogen and oxygen atoms in total. The van der Waals surface area contributed by atoms with E-state index in [2.05, 4.69) is 30.1 Å². The third-order valence-corrected chi connectivity index (χ3v) is 3.22. The lowest BCUT2D eigenvalue weighted by Gasteiger charge is -2.04. The Kier molecular flexibility index (Phi) is 4.10. The van der Waals surface area contributed by atoms with Crippen molar-refractivity contribution in [2.45, 2.75) is 39.2 Å². The van der Waals surface area contributed by atoms with Gasteiger partial charge in [0.05, 0.1) is 6.42 Å². The number of aromatic nitrogens is 2. The molecule has 0 bridgehead atoms. The molecule has 18 heavy (non-hydrogen) atoms. The summed E-state index contributed by atoms with van der Waals surface area (Å²) < 4.78 is 5.29. The Balaban J connectivity index is 2.16. The van der Waals surface area contributed by atoms with Crippen LogP contribution in [0.25, 0.3) is 0 Å². The number of rotatable bonds is 5. The van der Waals surface area contributed by atoms with Crippen LogP contribution in [-0.4, -0.2) is 10.1 Å². The zero-order valence-electron chi connectivity index (χ0n) is 10.9. The lowest BCUT2D eigenvalue weighted by molar-refractivity contribution is 0.376. The smallest absolute Gasteiger partial charge is 0.231 e. The third-order valence-electron chi connectivity index (χ3n) is 3.22. The van der Waals surface area contributed by atoms with Gasteiger partial charge in [0.2, 0.25) is 5.89 Å². The van der Waals surface area contributed by atoms with Crippen molar-refractivity contribution in [1.82, 2.24) is 10.1 Å². The molecule has 0 amide bonds. The third kappa shape index (κ3) is 2.76. The van der Waals surface area contributed by atoms with Gasteiger partial charge < -0.3 is 10.3 Å². The molecule has 0 saturated carbocycles. The molecule has 1 aromatic carbocycles. The maximum absolute atomic E-state index is 5.71. The molecule has 1 heterocycles. The standard InChI is InChI=1S/C14H19N3O/c1-3-10(2)14-16-13(18-17-14)8-11-6-4-5-7-12(11)9-15/h4-7,10H,3,8-9,15H2,1-2H3. The Morgan fingerprint density at radius 2 is 2.00 bits per heavy atom. The summed E-state index contributed by atoms with van der Waals surface area (Å²) in [6.45, 7) is 4.75. The van der Waals surface area contributed by atoms with E-state index in [1.165, 1.54) is 0 Å². The highest BCUT2D eigenvalue weighted by Crippen LogP contribution is 2.17. The molecule has 2 N–H and O–H groups in total. The monoisotopic (exact) mass is 245 g/mol. The first-order valence-electron chi connectivity index (χ1n) is 6.34. The Morgan fingerprint density at radius 1 is 1.28 bits per heavy atom. The van der Waals surface area contributed by atoms with Crippen molar-refractivity contribution < 1.29 is 4.52 Å². The fraction of sp³-hybridized carbons (Fsp3) is 0.429. The van der Waals surface area contributed by atoms with Crippen LogP contribution in [0.1, 0.15) is 49.0 Å². The first kappa shape index (κ1) is 12.8. The Morgan fingerprint density at radius 3 is 2.67 bits per heavy atom. The van der Waals surface area contributed by atoms with Gasteiger partial charge in [-0.1, -0.05) is 43.3 Å². The SMILES string of the molecule is CCC(C)c1noc(Cc2ccccc2CN)n1. The summed E-state index contributed by atoms with van der Waals surface area (Å²) in [5.41, 5.74) is 7.99. The molecule has 0 spiro atoms. The molecular formula is C14H19N3O. The van der Waals surface area contributed by atoms with Crippen LogP contribution in [0.4, 0.5) is 0 Å². The second-order valence-corrected chi connectivity index (χ2v) is 4.51. The van der Waals surface area contributed by atoms with Crippen molar-refractivity contribution in [2.24, 2.45) is 5.73 Å². The number of nitrogens with zero attached hydrogens (tertiary/aromatic N) is 2. The number of nitrogens with two attached hydrogens (primary N) is 1. The predicted molar refractivity (Wildman–Crippen MR) is 70.1 cm³/mol. The van der Waals surface area contributed by atoms with Crippen LogP contribution < -0.4 is 5.73 Å². The van der Waals surface area contributed by atoms with Crippen molar-refractivity contribution in [3.63, 3.8) is 0 Å². The van der Waals surface area contributed by atoms with E-state index in [1.807, 2.05) is 18.2 Å². The van der Waals surface area contributed by atoms with Crippen LogP contribution in [0, 0.1) is 0 Å². The van der Waals surface area contributed by atoms with Crippen LogP contribution in [-0.2, 0) is 13.0 Å². The highest BCUT2D eigenvalue weighted by atomic mass is 16.5. The maximum atomic E-state index is 5.71. The highest BCUT2D eigenvalue weighted by Gasteiger charge is 2.13. The minimum Gasteiger partial charge on any atom is -0.339 e. The first-order valence-corrected chi connectivity index (χ1v) is 6.34. The molecule has 0 radical (unpaired) electrons. The molecule has 0 aliphatic rings. The molecule has 0 fully saturated rings. The second kappa shape index (κ2) is 5.78. The summed E-state index contributed by atoms with van der Waals surface area (Å²) in [6, 6.07) is 8.07. The van der Waals surface area contributed by atoms with Gasteiger partial charge in [0, 0.05) is 12.5 Å². The van der Waals surface area contributed by atoms with Crippen LogP contribution >= 0.6 is 0 Å². The van der Waals surface area contributed by atoms with E-state index in [4.69, 9.17) is 10.3 Å². The summed E-state index contributed by atoms with van der Waals surface area (Å²) in [6.07, 6.45) is 1.66. The van der Waals surface area contributed by atoms with E-state index in [9.17, 15) is 0 Å². The molecule has 1 aromatic heterocycles. The van der Waals surface area contributed by atoms with Gasteiger partial charge >= 0.3 is 0 Å². The van der Waals surface area contributed by atoms with Crippen LogP contribution in [0.15, 0.2) is 28.8 Å². The minimum atomic E-state index is 0.340. The van der Waals surface area contributed by atoms with E-state index >= 15 is 0 Å². The summed E-state index contributed by atoms with van der Waals surface area (Å²) in [4.78, 5) is 4.43. The molecule has 0 saturated heterocycles. The van der Waals surface area contributed by atoms with E-state index in [0.717, 1.165) is 23.4 Å². The minimum absolute atomic E-state index is 0.340. The van der Waals surface area contributed by atoms with Gasteiger partial charge in [-0.2, -0.15) is 4.98 Å². The predicted octanol–water partition coefficient (Wildman–Crippen LogP) is 2.63. The van der Waals surface area contributed by atoms with Crippen molar-refractivity contribution in [3.05, 3.63) is 47.1 Å². The zero-order valence-corrected chi connectivity index (χ0v) is 10.9. The molecule has 4 heteroatoms. The zero-order chi connectivity index (χ0) is 13.0. The second-order valence-electron chi connectivity index (χ2n) is 4.51. The van der Waals surface area contributed by atoms with Gasteiger partial charge in [-0.3, -0.25) is 0 Å². The van der Waals surface area contributed by atoms with Gasteiger partial charge in [-0.25, -0.2) is 0 Å². The Hall–Kier alpha value is -1.68. The Bertz CT molecular complexity index is 507. The molecule has 1 unspecified atom stereocenters. The largest absolute Gasteiger partial charge is 0.339 e. The fourth-order valence-corrected chi connectivity index (χ4v) is 1.81. The topological polar surface area (TPSA) is 64.9 Å². The summed E-state index contributed by atoms with van der Waals surface area (Å²) >= 11 is 0. The average molecular weight is 245 g/mol. The van der Waals surface area contributed by atoms with E-state index in [0.29, 0.717) is 24.8 Å².